The maximum absolute atomic E-state index is 14.9. The van der Waals surface area contributed by atoms with Gasteiger partial charge in [-0.25, -0.2) is 4.55 Å². The van der Waals surface area contributed by atoms with Gasteiger partial charge < -0.3 is 14.2 Å². The fourth-order valence-electron chi connectivity index (χ4n) is 5.94. The molecule has 6 nitrogen and oxygen atoms in total. The lowest BCUT2D eigenvalue weighted by molar-refractivity contribution is 0.353. The molecule has 0 heterocycles. The predicted octanol–water partition coefficient (Wildman–Crippen LogP) is 9.50. The van der Waals surface area contributed by atoms with Gasteiger partial charge in [-0.05, 0) is 106 Å². The van der Waals surface area contributed by atoms with Crippen LogP contribution in [-0.4, -0.2) is 30.1 Å². The molecule has 0 fully saturated rings. The van der Waals surface area contributed by atoms with Crippen LogP contribution in [0.5, 0.6) is 17.2 Å². The van der Waals surface area contributed by atoms with Crippen molar-refractivity contribution in [2.24, 2.45) is 0 Å². The van der Waals surface area contributed by atoms with E-state index in [2.05, 4.69) is 24.3 Å². The minimum absolute atomic E-state index is 0.223. The maximum atomic E-state index is 14.9. The van der Waals surface area contributed by atoms with Crippen molar-refractivity contribution in [3.05, 3.63) is 127 Å². The molecule has 0 aliphatic rings. The third kappa shape index (κ3) is 4.82. The number of rotatable bonds is 8. The molecule has 7 rings (SSSR count). The molecule has 0 radical (unpaired) electrons. The van der Waals surface area contributed by atoms with Gasteiger partial charge in [-0.1, -0.05) is 48.5 Å². The Labute approximate surface area is 263 Å². The average molecular weight is 636 g/mol. The molecule has 0 saturated heterocycles. The maximum Gasteiger partial charge on any atom is 0.455 e. The number of methoxy groups -OCH3 is 3. The normalized spacial score (nSPS) is 13.5. The summed E-state index contributed by atoms with van der Waals surface area (Å²) in [6.45, 7) is 0. The molecule has 0 aliphatic heterocycles. The molecule has 0 aliphatic carbocycles. The molecule has 45 heavy (non-hydrogen) atoms. The summed E-state index contributed by atoms with van der Waals surface area (Å²) in [5.74, 6) is 1.98. The first-order chi connectivity index (χ1) is 21.9. The number of hydrogen-bond donors (Lipinski definition) is 1. The minimum Gasteiger partial charge on any atom is -0.497 e. The van der Waals surface area contributed by atoms with Crippen LogP contribution in [0.15, 0.2) is 147 Å². The Morgan fingerprint density at radius 2 is 0.911 bits per heavy atom. The Morgan fingerprint density at radius 3 is 1.36 bits per heavy atom. The number of hydrogen-bond acceptors (Lipinski definition) is 4. The monoisotopic (exact) mass is 635 g/mol. The van der Waals surface area contributed by atoms with Gasteiger partial charge in [0, 0.05) is 5.39 Å². The van der Waals surface area contributed by atoms with Gasteiger partial charge in [-0.3, -0.25) is 0 Å². The summed E-state index contributed by atoms with van der Waals surface area (Å²) in [6, 6.07) is 40.2. The molecule has 0 amide bonds. The molecule has 1 atom stereocenters. The number of ether oxygens (including phenoxy) is 3. The van der Waals surface area contributed by atoms with E-state index in [4.69, 9.17) is 17.5 Å². The van der Waals surface area contributed by atoms with E-state index in [0.29, 0.717) is 22.6 Å². The van der Waals surface area contributed by atoms with Crippen molar-refractivity contribution < 1.29 is 26.3 Å². The zero-order chi connectivity index (χ0) is 31.2. The van der Waals surface area contributed by atoms with Crippen LogP contribution < -0.4 is 14.2 Å². The zero-order valence-electron chi connectivity index (χ0n) is 24.9. The highest BCUT2D eigenvalue weighted by Gasteiger charge is 2.46. The second-order valence-corrected chi connectivity index (χ2v) is 15.0. The smallest absolute Gasteiger partial charge is 0.455 e. The highest BCUT2D eigenvalue weighted by molar-refractivity contribution is 8.30. The molecule has 7 aromatic carbocycles. The molecule has 0 aromatic heterocycles. The number of benzene rings is 7. The van der Waals surface area contributed by atoms with Crippen molar-refractivity contribution in [2.45, 2.75) is 19.6 Å². The van der Waals surface area contributed by atoms with Gasteiger partial charge in [-0.15, -0.1) is 7.49 Å². The minimum atomic E-state index is -4.14. The van der Waals surface area contributed by atoms with Gasteiger partial charge >= 0.3 is 10.1 Å². The second-order valence-electron chi connectivity index (χ2n) is 10.5. The molecule has 1 N–H and O–H groups in total. The molecule has 226 valence electrons. The van der Waals surface area contributed by atoms with Crippen LogP contribution in [0.3, 0.4) is 0 Å². The van der Waals surface area contributed by atoms with Crippen LogP contribution in [0, 0.1) is 0 Å². The molecule has 1 unspecified atom stereocenters. The highest BCUT2D eigenvalue weighted by Crippen LogP contribution is 2.68. The van der Waals surface area contributed by atoms with Crippen molar-refractivity contribution >= 4 is 52.7 Å². The summed E-state index contributed by atoms with van der Waals surface area (Å²) in [7, 11) is -2.16. The standard InChI is InChI=1S/C37H30O6S2/c1-40-28-11-17-31(18-12-28)44(32-19-13-29(41-2)14-20-32,33-21-15-30(42-3)16-22-33)43-45(38,39)35-24-10-27-8-7-25-5-4-6-26-9-23-34(35)37(27)36(25)26/h4-24H,1-3H3/p+1. The van der Waals surface area contributed by atoms with E-state index in [1.54, 1.807) is 27.4 Å². The summed E-state index contributed by atoms with van der Waals surface area (Å²) >= 11 is 0. The van der Waals surface area contributed by atoms with Crippen molar-refractivity contribution in [3.63, 3.8) is 0 Å². The fourth-order valence-corrected chi connectivity index (χ4v) is 11.3. The van der Waals surface area contributed by atoms with E-state index < -0.39 is 20.4 Å². The molecule has 0 saturated carbocycles. The van der Waals surface area contributed by atoms with Gasteiger partial charge in [0.15, 0.2) is 15.2 Å². The van der Waals surface area contributed by atoms with Crippen LogP contribution in [-0.2, 0) is 13.4 Å². The van der Waals surface area contributed by atoms with Gasteiger partial charge in [0.25, 0.3) is 0 Å². The Morgan fingerprint density at radius 1 is 0.511 bits per heavy atom. The molecule has 0 spiro atoms. The first-order valence-electron chi connectivity index (χ1n) is 14.3. The zero-order valence-corrected chi connectivity index (χ0v) is 26.6. The van der Waals surface area contributed by atoms with E-state index in [-0.39, 0.29) is 4.90 Å². The molecule has 0 bridgehead atoms. The third-order valence-electron chi connectivity index (χ3n) is 8.13. The van der Waals surface area contributed by atoms with Crippen LogP contribution in [0.2, 0.25) is 0 Å². The van der Waals surface area contributed by atoms with Crippen LogP contribution in [0.4, 0.5) is 0 Å². The van der Waals surface area contributed by atoms with Crippen molar-refractivity contribution in [1.82, 2.24) is 0 Å². The van der Waals surface area contributed by atoms with Gasteiger partial charge in [-0.2, -0.15) is 0 Å². The van der Waals surface area contributed by atoms with E-state index in [0.717, 1.165) is 41.6 Å². The summed E-state index contributed by atoms with van der Waals surface area (Å²) < 4.78 is 50.3. The molecule has 8 heteroatoms. The Balaban J connectivity index is 1.58. The lowest BCUT2D eigenvalue weighted by Crippen LogP contribution is -2.11. The van der Waals surface area contributed by atoms with Crippen LogP contribution >= 0.6 is 10.3 Å². The highest BCUT2D eigenvalue weighted by atomic mass is 32.3. The Kier molecular flexibility index (Phi) is 7.28. The first-order valence-corrected chi connectivity index (χ1v) is 17.3. The Hall–Kier alpha value is -4.76. The largest absolute Gasteiger partial charge is 0.497 e. The quantitative estimate of drug-likeness (QED) is 0.102. The van der Waals surface area contributed by atoms with Crippen LogP contribution in [0.25, 0.3) is 32.3 Å². The molecular weight excluding hydrogens is 605 g/mol. The first kappa shape index (κ1) is 29.0. The van der Waals surface area contributed by atoms with Crippen molar-refractivity contribution in [2.75, 3.05) is 21.3 Å². The van der Waals surface area contributed by atoms with Crippen molar-refractivity contribution in [1.29, 1.82) is 0 Å². The second kappa shape index (κ2) is 11.3. The lowest BCUT2D eigenvalue weighted by atomic mass is 9.94. The fraction of sp³-hybridized carbons (Fsp3) is 0.0811. The summed E-state index contributed by atoms with van der Waals surface area (Å²) in [5.41, 5.74) is 0. The summed E-state index contributed by atoms with van der Waals surface area (Å²) in [4.78, 5) is 2.38. The summed E-state index contributed by atoms with van der Waals surface area (Å²) in [6.07, 6.45) is 0. The molecular formula is C37H31O6S2+. The summed E-state index contributed by atoms with van der Waals surface area (Å²) in [5, 5.41) is 5.81. The van der Waals surface area contributed by atoms with Crippen LogP contribution in [0.1, 0.15) is 0 Å². The predicted molar refractivity (Wildman–Crippen MR) is 181 cm³/mol. The van der Waals surface area contributed by atoms with Gasteiger partial charge in [0.2, 0.25) is 0 Å². The average Bonchev–Trinajstić information content (AvgIpc) is 3.09. The molecule has 7 aromatic rings. The van der Waals surface area contributed by atoms with Crippen molar-refractivity contribution in [3.8, 4) is 17.2 Å². The van der Waals surface area contributed by atoms with Gasteiger partial charge in [0.05, 0.1) is 36.0 Å². The topological polar surface area (TPSA) is 76.3 Å². The lowest BCUT2D eigenvalue weighted by Gasteiger charge is -2.26. The van der Waals surface area contributed by atoms with Gasteiger partial charge in [0.1, 0.15) is 17.2 Å². The SMILES string of the molecule is COc1ccc(S([O+]=S(=O)(O)c2ccc3ccc4cccc5ccc2c3c45)(c2ccc(OC)cc2)c2ccc(OC)cc2)cc1. The van der Waals surface area contributed by atoms with E-state index in [1.807, 2.05) is 97.1 Å². The van der Waals surface area contributed by atoms with E-state index >= 15 is 0 Å². The third-order valence-corrected chi connectivity index (χ3v) is 13.4. The Bertz CT molecular complexity index is 2140. The van der Waals surface area contributed by atoms with E-state index in [9.17, 15) is 8.76 Å². The van der Waals surface area contributed by atoms with E-state index in [1.165, 1.54) is 0 Å².